The van der Waals surface area contributed by atoms with E-state index in [1.54, 1.807) is 24.3 Å². The first kappa shape index (κ1) is 20.2. The third-order valence-corrected chi connectivity index (χ3v) is 4.71. The number of ether oxygens (including phenoxy) is 1. The first-order valence-corrected chi connectivity index (χ1v) is 9.45. The lowest BCUT2D eigenvalue weighted by Crippen LogP contribution is -2.11. The van der Waals surface area contributed by atoms with Crippen LogP contribution in [0.2, 0.25) is 0 Å². The number of aromatic nitrogens is 2. The van der Waals surface area contributed by atoms with Crippen molar-refractivity contribution in [2.45, 2.75) is 32.1 Å². The normalized spacial score (nSPS) is 13.3. The van der Waals surface area contributed by atoms with E-state index in [2.05, 4.69) is 26.7 Å². The summed E-state index contributed by atoms with van der Waals surface area (Å²) in [6.45, 7) is 0.544. The summed E-state index contributed by atoms with van der Waals surface area (Å²) in [7, 11) is 1.27. The number of methoxy groups -OCH3 is 1. The highest BCUT2D eigenvalue weighted by Gasteiger charge is 2.24. The molecule has 0 atom stereocenters. The molecule has 0 fully saturated rings. The molecule has 0 radical (unpaired) electrons. The number of para-hydroxylation sites is 1. The number of nitro groups is 1. The zero-order chi connectivity index (χ0) is 20.6. The first-order chi connectivity index (χ1) is 14.1. The monoisotopic (exact) mass is 397 g/mol. The Bertz CT molecular complexity index is 929. The van der Waals surface area contributed by atoms with E-state index in [-0.39, 0.29) is 22.9 Å². The quantitative estimate of drug-likeness (QED) is 0.294. The van der Waals surface area contributed by atoms with Crippen molar-refractivity contribution in [1.82, 2.24) is 9.97 Å². The van der Waals surface area contributed by atoms with Gasteiger partial charge >= 0.3 is 11.7 Å². The second kappa shape index (κ2) is 9.63. The lowest BCUT2D eigenvalue weighted by molar-refractivity contribution is -0.383. The molecule has 1 aliphatic rings. The number of nitrogens with zero attached hydrogens (tertiary/aromatic N) is 3. The first-order valence-electron chi connectivity index (χ1n) is 9.45. The number of nitrogens with one attached hydrogen (secondary N) is 2. The van der Waals surface area contributed by atoms with Crippen molar-refractivity contribution in [3.8, 4) is 0 Å². The lowest BCUT2D eigenvalue weighted by atomic mass is 9.97. The second-order valence-corrected chi connectivity index (χ2v) is 6.62. The largest absolute Gasteiger partial charge is 0.465 e. The molecule has 0 bridgehead atoms. The molecule has 9 heteroatoms. The maximum absolute atomic E-state index is 12.0. The van der Waals surface area contributed by atoms with Crippen LogP contribution in [0.4, 0.5) is 23.0 Å². The van der Waals surface area contributed by atoms with Gasteiger partial charge in [-0.05, 0) is 44.2 Å². The molecular formula is C20H23N5O4. The molecular weight excluding hydrogens is 374 g/mol. The summed E-state index contributed by atoms with van der Waals surface area (Å²) in [6.07, 6.45) is 8.88. The van der Waals surface area contributed by atoms with Gasteiger partial charge in [0.1, 0.15) is 6.33 Å². The molecule has 0 saturated heterocycles. The highest BCUT2D eigenvalue weighted by atomic mass is 16.6. The zero-order valence-electron chi connectivity index (χ0n) is 16.2. The van der Waals surface area contributed by atoms with Gasteiger partial charge in [-0.3, -0.25) is 10.1 Å². The molecule has 0 aliphatic heterocycles. The minimum absolute atomic E-state index is 0.000681. The standard InChI is InChI=1S/C20H23N5O4/c1-29-20(26)15-9-5-6-10-16(15)24-19-17(25(27)28)18(22-13-23-19)21-12-11-14-7-3-2-4-8-14/h5-7,9-10,13H,2-4,8,11-12H2,1H3,(H2,21,22,23,24). The molecule has 2 N–H and O–H groups in total. The van der Waals surface area contributed by atoms with Crippen LogP contribution in [-0.4, -0.2) is 34.5 Å². The van der Waals surface area contributed by atoms with Gasteiger partial charge in [0.25, 0.3) is 0 Å². The predicted molar refractivity (Wildman–Crippen MR) is 109 cm³/mol. The molecule has 0 spiro atoms. The molecule has 0 amide bonds. The smallest absolute Gasteiger partial charge is 0.353 e. The maximum atomic E-state index is 12.0. The van der Waals surface area contributed by atoms with E-state index in [1.807, 2.05) is 0 Å². The number of rotatable bonds is 8. The highest BCUT2D eigenvalue weighted by molar-refractivity contribution is 5.96. The van der Waals surface area contributed by atoms with Crippen LogP contribution in [0, 0.1) is 10.1 Å². The summed E-state index contributed by atoms with van der Waals surface area (Å²) in [4.78, 5) is 31.2. The second-order valence-electron chi connectivity index (χ2n) is 6.62. The van der Waals surface area contributed by atoms with Crippen LogP contribution in [0.3, 0.4) is 0 Å². The van der Waals surface area contributed by atoms with E-state index in [1.165, 1.54) is 31.9 Å². The van der Waals surface area contributed by atoms with Gasteiger partial charge in [0.15, 0.2) is 0 Å². The van der Waals surface area contributed by atoms with E-state index in [0.29, 0.717) is 12.2 Å². The van der Waals surface area contributed by atoms with Crippen LogP contribution in [-0.2, 0) is 4.74 Å². The fraction of sp³-hybridized carbons (Fsp3) is 0.350. The summed E-state index contributed by atoms with van der Waals surface area (Å²) < 4.78 is 4.76. The van der Waals surface area contributed by atoms with Crippen molar-refractivity contribution in [1.29, 1.82) is 0 Å². The summed E-state index contributed by atoms with van der Waals surface area (Å²) in [5, 5.41) is 17.6. The molecule has 152 valence electrons. The zero-order valence-corrected chi connectivity index (χ0v) is 16.2. The van der Waals surface area contributed by atoms with Crippen LogP contribution >= 0.6 is 0 Å². The SMILES string of the molecule is COC(=O)c1ccccc1Nc1ncnc(NCCC2=CCCCC2)c1[N+](=O)[O-]. The number of benzene rings is 1. The Morgan fingerprint density at radius 2 is 2.03 bits per heavy atom. The fourth-order valence-corrected chi connectivity index (χ4v) is 3.25. The molecule has 1 heterocycles. The lowest BCUT2D eigenvalue weighted by Gasteiger charge is -2.14. The topological polar surface area (TPSA) is 119 Å². The summed E-state index contributed by atoms with van der Waals surface area (Å²) in [5.41, 5.74) is 1.71. The van der Waals surface area contributed by atoms with Gasteiger partial charge in [-0.25, -0.2) is 14.8 Å². The van der Waals surface area contributed by atoms with Gasteiger partial charge in [0.2, 0.25) is 11.6 Å². The van der Waals surface area contributed by atoms with Gasteiger partial charge in [0.05, 0.1) is 23.3 Å². The molecule has 0 unspecified atom stereocenters. The van der Waals surface area contributed by atoms with Crippen molar-refractivity contribution < 1.29 is 14.5 Å². The van der Waals surface area contributed by atoms with Crippen LogP contribution in [0.5, 0.6) is 0 Å². The predicted octanol–water partition coefficient (Wildman–Crippen LogP) is 4.22. The maximum Gasteiger partial charge on any atom is 0.353 e. The van der Waals surface area contributed by atoms with Crippen molar-refractivity contribution in [3.05, 3.63) is 57.9 Å². The summed E-state index contributed by atoms with van der Waals surface area (Å²) >= 11 is 0. The van der Waals surface area contributed by atoms with Crippen LogP contribution in [0.25, 0.3) is 0 Å². The molecule has 9 nitrogen and oxygen atoms in total. The highest BCUT2D eigenvalue weighted by Crippen LogP contribution is 2.32. The van der Waals surface area contributed by atoms with Crippen molar-refractivity contribution >= 4 is 29.0 Å². The molecule has 3 rings (SSSR count). The van der Waals surface area contributed by atoms with Gasteiger partial charge < -0.3 is 15.4 Å². The van der Waals surface area contributed by atoms with Crippen LogP contribution < -0.4 is 10.6 Å². The number of hydrogen-bond acceptors (Lipinski definition) is 8. The van der Waals surface area contributed by atoms with Gasteiger partial charge in [-0.2, -0.15) is 0 Å². The van der Waals surface area contributed by atoms with Crippen LogP contribution in [0.15, 0.2) is 42.2 Å². The van der Waals surface area contributed by atoms with Crippen LogP contribution in [0.1, 0.15) is 42.5 Å². The average molecular weight is 397 g/mol. The Morgan fingerprint density at radius 3 is 2.76 bits per heavy atom. The number of anilines is 3. The van der Waals surface area contributed by atoms with Crippen molar-refractivity contribution in [2.75, 3.05) is 24.3 Å². The number of carbonyl (C=O) groups excluding carboxylic acids is 1. The number of hydrogen-bond donors (Lipinski definition) is 2. The third-order valence-electron chi connectivity index (χ3n) is 4.71. The van der Waals surface area contributed by atoms with Crippen molar-refractivity contribution in [2.24, 2.45) is 0 Å². The Kier molecular flexibility index (Phi) is 6.72. The third kappa shape index (κ3) is 5.07. The molecule has 29 heavy (non-hydrogen) atoms. The number of esters is 1. The Labute approximate surface area is 168 Å². The van der Waals surface area contributed by atoms with Crippen molar-refractivity contribution in [3.63, 3.8) is 0 Å². The average Bonchev–Trinajstić information content (AvgIpc) is 2.74. The summed E-state index contributed by atoms with van der Waals surface area (Å²) in [5.74, 6) is -0.413. The minimum Gasteiger partial charge on any atom is -0.465 e. The van der Waals surface area contributed by atoms with Gasteiger partial charge in [-0.15, -0.1) is 0 Å². The molecule has 2 aromatic rings. The van der Waals surface area contributed by atoms with Gasteiger partial charge in [0, 0.05) is 6.54 Å². The summed E-state index contributed by atoms with van der Waals surface area (Å²) in [6, 6.07) is 6.58. The van der Waals surface area contributed by atoms with E-state index < -0.39 is 10.9 Å². The van der Waals surface area contributed by atoms with Gasteiger partial charge in [-0.1, -0.05) is 23.8 Å². The van der Waals surface area contributed by atoms with E-state index >= 15 is 0 Å². The minimum atomic E-state index is -0.552. The Hall–Kier alpha value is -3.49. The fourth-order valence-electron chi connectivity index (χ4n) is 3.25. The number of allylic oxidation sites excluding steroid dienone is 1. The van der Waals surface area contributed by atoms with E-state index in [9.17, 15) is 14.9 Å². The molecule has 1 aliphatic carbocycles. The number of carbonyl (C=O) groups is 1. The van der Waals surface area contributed by atoms with E-state index in [4.69, 9.17) is 4.74 Å². The van der Waals surface area contributed by atoms with E-state index in [0.717, 1.165) is 19.3 Å². The molecule has 1 aromatic heterocycles. The Morgan fingerprint density at radius 1 is 1.24 bits per heavy atom. The molecule has 0 saturated carbocycles. The molecule has 1 aromatic carbocycles. The Balaban J connectivity index is 1.81.